The number of rotatable bonds is 6. The van der Waals surface area contributed by atoms with Crippen molar-refractivity contribution >= 4 is 11.8 Å². The summed E-state index contributed by atoms with van der Waals surface area (Å²) in [6, 6.07) is 20.2. The van der Waals surface area contributed by atoms with Crippen LogP contribution in [0.25, 0.3) is 0 Å². The van der Waals surface area contributed by atoms with Gasteiger partial charge in [0.2, 0.25) is 0 Å². The molecule has 3 aromatic carbocycles. The third-order valence-corrected chi connectivity index (χ3v) is 5.12. The van der Waals surface area contributed by atoms with Crippen molar-refractivity contribution in [1.29, 1.82) is 0 Å². The molecule has 0 bridgehead atoms. The molecule has 0 fully saturated rings. The van der Waals surface area contributed by atoms with E-state index in [2.05, 4.69) is 0 Å². The van der Waals surface area contributed by atoms with E-state index < -0.39 is 17.8 Å². The fraction of sp³-hybridized carbons (Fsp3) is 0.167. The Morgan fingerprint density at radius 1 is 0.774 bits per heavy atom. The molecule has 4 nitrogen and oxygen atoms in total. The predicted octanol–water partition coefficient (Wildman–Crippen LogP) is 5.51. The van der Waals surface area contributed by atoms with Crippen LogP contribution in [0.15, 0.2) is 78.9 Å². The van der Waals surface area contributed by atoms with Gasteiger partial charge in [-0.15, -0.1) is 0 Å². The molecule has 0 spiro atoms. The smallest absolute Gasteiger partial charge is 0.416 e. The van der Waals surface area contributed by atoms with E-state index in [0.717, 1.165) is 17.7 Å². The summed E-state index contributed by atoms with van der Waals surface area (Å²) in [6.07, 6.45) is -4.69. The molecule has 158 valence electrons. The maximum Gasteiger partial charge on any atom is 0.416 e. The van der Waals surface area contributed by atoms with Crippen molar-refractivity contribution in [3.8, 4) is 5.75 Å². The van der Waals surface area contributed by atoms with Gasteiger partial charge in [-0.3, -0.25) is 14.5 Å². The molecule has 0 saturated heterocycles. The Labute approximate surface area is 176 Å². The van der Waals surface area contributed by atoms with Gasteiger partial charge in [-0.05, 0) is 42.0 Å². The molecule has 1 aliphatic heterocycles. The number of benzene rings is 3. The first-order valence-electron chi connectivity index (χ1n) is 9.68. The standard InChI is InChI=1S/C24H18F3NO3/c25-24(26,27)17-10-12-18(13-11-17)31-21(16-6-2-1-3-7-16)14-15-28-22(29)19-8-4-5-9-20(19)23(28)30/h1-13,21H,14-15H2/t21-/m1/s1. The molecule has 3 aromatic rings. The molecule has 31 heavy (non-hydrogen) atoms. The van der Waals surface area contributed by atoms with Gasteiger partial charge < -0.3 is 4.74 Å². The molecule has 0 unspecified atom stereocenters. The highest BCUT2D eigenvalue weighted by Crippen LogP contribution is 2.32. The average molecular weight is 425 g/mol. The van der Waals surface area contributed by atoms with Crippen molar-refractivity contribution in [3.63, 3.8) is 0 Å². The maximum atomic E-state index is 12.8. The first-order valence-corrected chi connectivity index (χ1v) is 9.68. The second kappa shape index (κ2) is 8.26. The number of imide groups is 1. The summed E-state index contributed by atoms with van der Waals surface area (Å²) in [6.45, 7) is 0.118. The van der Waals surface area contributed by atoms with E-state index in [1.54, 1.807) is 24.3 Å². The van der Waals surface area contributed by atoms with Crippen LogP contribution in [0.5, 0.6) is 5.75 Å². The molecule has 1 aliphatic rings. The maximum absolute atomic E-state index is 12.8. The van der Waals surface area contributed by atoms with Crippen molar-refractivity contribution in [2.24, 2.45) is 0 Å². The Hall–Kier alpha value is -3.61. The Kier molecular flexibility index (Phi) is 5.50. The quantitative estimate of drug-likeness (QED) is 0.489. The van der Waals surface area contributed by atoms with Gasteiger partial charge in [0.05, 0.1) is 16.7 Å². The summed E-state index contributed by atoms with van der Waals surface area (Å²) in [7, 11) is 0. The van der Waals surface area contributed by atoms with Crippen LogP contribution in [0.3, 0.4) is 0 Å². The normalized spacial score (nSPS) is 14.5. The number of halogens is 3. The minimum Gasteiger partial charge on any atom is -0.486 e. The molecule has 0 radical (unpaired) electrons. The molecule has 0 aromatic heterocycles. The number of carbonyl (C=O) groups excluding carboxylic acids is 2. The van der Waals surface area contributed by atoms with Crippen LogP contribution < -0.4 is 4.74 Å². The molecule has 4 rings (SSSR count). The Morgan fingerprint density at radius 3 is 1.87 bits per heavy atom. The number of ether oxygens (including phenoxy) is 1. The van der Waals surface area contributed by atoms with Crippen LogP contribution >= 0.6 is 0 Å². The van der Waals surface area contributed by atoms with E-state index in [4.69, 9.17) is 4.74 Å². The monoisotopic (exact) mass is 425 g/mol. The first-order chi connectivity index (χ1) is 14.8. The Balaban J connectivity index is 1.52. The average Bonchev–Trinajstić information content (AvgIpc) is 3.02. The van der Waals surface area contributed by atoms with E-state index in [-0.39, 0.29) is 30.5 Å². The van der Waals surface area contributed by atoms with E-state index in [1.165, 1.54) is 17.0 Å². The van der Waals surface area contributed by atoms with Gasteiger partial charge in [-0.1, -0.05) is 42.5 Å². The zero-order valence-electron chi connectivity index (χ0n) is 16.3. The molecule has 1 atom stereocenters. The number of nitrogens with zero attached hydrogens (tertiary/aromatic N) is 1. The summed E-state index contributed by atoms with van der Waals surface area (Å²) < 4.78 is 44.4. The van der Waals surface area contributed by atoms with E-state index >= 15 is 0 Å². The second-order valence-corrected chi connectivity index (χ2v) is 7.14. The largest absolute Gasteiger partial charge is 0.486 e. The molecule has 0 N–H and O–H groups in total. The lowest BCUT2D eigenvalue weighted by Gasteiger charge is -2.22. The van der Waals surface area contributed by atoms with E-state index in [1.807, 2.05) is 30.3 Å². The molecule has 7 heteroatoms. The topological polar surface area (TPSA) is 46.6 Å². The first kappa shape index (κ1) is 20.7. The Morgan fingerprint density at radius 2 is 1.32 bits per heavy atom. The Bertz CT molecular complexity index is 1060. The number of amides is 2. The van der Waals surface area contributed by atoms with Gasteiger partial charge in [0.15, 0.2) is 0 Å². The van der Waals surface area contributed by atoms with Crippen molar-refractivity contribution in [2.45, 2.75) is 18.7 Å². The molecular formula is C24H18F3NO3. The molecule has 1 heterocycles. The van der Waals surface area contributed by atoms with Crippen LogP contribution in [0.4, 0.5) is 13.2 Å². The van der Waals surface area contributed by atoms with E-state index in [0.29, 0.717) is 11.1 Å². The highest BCUT2D eigenvalue weighted by molar-refractivity contribution is 6.21. The third kappa shape index (κ3) is 4.30. The summed E-state index contributed by atoms with van der Waals surface area (Å²) in [4.78, 5) is 26.4. The number of fused-ring (bicyclic) bond motifs is 1. The second-order valence-electron chi connectivity index (χ2n) is 7.14. The number of alkyl halides is 3. The third-order valence-electron chi connectivity index (χ3n) is 5.12. The van der Waals surface area contributed by atoms with Gasteiger partial charge in [0.1, 0.15) is 11.9 Å². The zero-order chi connectivity index (χ0) is 22.0. The summed E-state index contributed by atoms with van der Waals surface area (Å²) in [5, 5.41) is 0. The van der Waals surface area contributed by atoms with Crippen molar-refractivity contribution < 1.29 is 27.5 Å². The van der Waals surface area contributed by atoms with Gasteiger partial charge in [-0.25, -0.2) is 0 Å². The summed E-state index contributed by atoms with van der Waals surface area (Å²) >= 11 is 0. The number of hydrogen-bond donors (Lipinski definition) is 0. The van der Waals surface area contributed by atoms with Crippen molar-refractivity contribution in [3.05, 3.63) is 101 Å². The lowest BCUT2D eigenvalue weighted by molar-refractivity contribution is -0.137. The predicted molar refractivity (Wildman–Crippen MR) is 108 cm³/mol. The zero-order valence-corrected chi connectivity index (χ0v) is 16.3. The van der Waals surface area contributed by atoms with Crippen LogP contribution in [0.2, 0.25) is 0 Å². The summed E-state index contributed by atoms with van der Waals surface area (Å²) in [5.74, 6) is -0.451. The fourth-order valence-electron chi connectivity index (χ4n) is 3.54. The van der Waals surface area contributed by atoms with Crippen LogP contribution in [-0.4, -0.2) is 23.3 Å². The number of carbonyl (C=O) groups is 2. The highest BCUT2D eigenvalue weighted by atomic mass is 19.4. The fourth-order valence-corrected chi connectivity index (χ4v) is 3.54. The number of hydrogen-bond acceptors (Lipinski definition) is 3. The highest BCUT2D eigenvalue weighted by Gasteiger charge is 2.35. The lowest BCUT2D eigenvalue weighted by atomic mass is 10.1. The SMILES string of the molecule is O=C1c2ccccc2C(=O)N1CC[C@@H](Oc1ccc(C(F)(F)F)cc1)c1ccccc1. The summed E-state index contributed by atoms with van der Waals surface area (Å²) in [5.41, 5.74) is 0.765. The molecular weight excluding hydrogens is 407 g/mol. The van der Waals surface area contributed by atoms with Crippen LogP contribution in [-0.2, 0) is 6.18 Å². The van der Waals surface area contributed by atoms with Gasteiger partial charge in [0, 0.05) is 13.0 Å². The van der Waals surface area contributed by atoms with E-state index in [9.17, 15) is 22.8 Å². The lowest BCUT2D eigenvalue weighted by Crippen LogP contribution is -2.32. The minimum absolute atomic E-state index is 0.118. The van der Waals surface area contributed by atoms with Crippen molar-refractivity contribution in [1.82, 2.24) is 4.90 Å². The van der Waals surface area contributed by atoms with Crippen LogP contribution in [0, 0.1) is 0 Å². The van der Waals surface area contributed by atoms with Gasteiger partial charge >= 0.3 is 6.18 Å². The molecule has 2 amide bonds. The molecule has 0 saturated carbocycles. The minimum atomic E-state index is -4.43. The van der Waals surface area contributed by atoms with Gasteiger partial charge in [0.25, 0.3) is 11.8 Å². The van der Waals surface area contributed by atoms with Crippen molar-refractivity contribution in [2.75, 3.05) is 6.54 Å². The van der Waals surface area contributed by atoms with Crippen LogP contribution in [0.1, 0.15) is 44.4 Å². The molecule has 0 aliphatic carbocycles. The van der Waals surface area contributed by atoms with Gasteiger partial charge in [-0.2, -0.15) is 13.2 Å².